The van der Waals surface area contributed by atoms with E-state index in [1.807, 2.05) is 0 Å². The molecule has 0 bridgehead atoms. The minimum atomic E-state index is -1.65. The highest BCUT2D eigenvalue weighted by atomic mass is 16.6. The van der Waals surface area contributed by atoms with Crippen molar-refractivity contribution < 1.29 is 33.0 Å². The van der Waals surface area contributed by atoms with Crippen LogP contribution in [0.3, 0.4) is 0 Å². The van der Waals surface area contributed by atoms with Crippen LogP contribution in [0.15, 0.2) is 22.8 Å². The molecule has 3 heterocycles. The first-order valence-electron chi connectivity index (χ1n) is 9.14. The van der Waals surface area contributed by atoms with Gasteiger partial charge in [0, 0.05) is 12.6 Å². The smallest absolute Gasteiger partial charge is 0.425 e. The zero-order chi connectivity index (χ0) is 20.7. The molecule has 0 N–H and O–H groups in total. The minimum Gasteiger partial charge on any atom is -0.468 e. The zero-order valence-electron chi connectivity index (χ0n) is 16.8. The van der Waals surface area contributed by atoms with E-state index in [-0.39, 0.29) is 12.5 Å². The SMILES string of the molecule is COC(=O)C1(C(=O)OC)C[C@@H]2CCN(C(=O)OC(C)(C)C)N2[C@@H]1c1ccco1. The lowest BCUT2D eigenvalue weighted by molar-refractivity contribution is -0.174. The molecule has 0 aromatic carbocycles. The van der Waals surface area contributed by atoms with E-state index in [9.17, 15) is 14.4 Å². The molecule has 0 unspecified atom stereocenters. The van der Waals surface area contributed by atoms with Gasteiger partial charge in [-0.15, -0.1) is 0 Å². The largest absolute Gasteiger partial charge is 0.468 e. The fraction of sp³-hybridized carbons (Fsp3) is 0.632. The van der Waals surface area contributed by atoms with Crippen LogP contribution < -0.4 is 0 Å². The summed E-state index contributed by atoms with van der Waals surface area (Å²) >= 11 is 0. The van der Waals surface area contributed by atoms with Gasteiger partial charge in [0.1, 0.15) is 17.4 Å². The second-order valence-electron chi connectivity index (χ2n) is 8.00. The summed E-state index contributed by atoms with van der Waals surface area (Å²) in [6.07, 6.45) is 1.64. The van der Waals surface area contributed by atoms with Crippen LogP contribution in [-0.2, 0) is 23.8 Å². The highest BCUT2D eigenvalue weighted by Crippen LogP contribution is 2.55. The first-order chi connectivity index (χ1) is 13.2. The predicted molar refractivity (Wildman–Crippen MR) is 95.7 cm³/mol. The molecule has 9 nitrogen and oxygen atoms in total. The van der Waals surface area contributed by atoms with E-state index in [4.69, 9.17) is 18.6 Å². The third-order valence-electron chi connectivity index (χ3n) is 5.13. The number of ether oxygens (including phenoxy) is 3. The Morgan fingerprint density at radius 2 is 1.82 bits per heavy atom. The highest BCUT2D eigenvalue weighted by molar-refractivity contribution is 6.01. The highest BCUT2D eigenvalue weighted by Gasteiger charge is 2.68. The van der Waals surface area contributed by atoms with Crippen LogP contribution >= 0.6 is 0 Å². The third-order valence-corrected chi connectivity index (χ3v) is 5.13. The van der Waals surface area contributed by atoms with Crippen molar-refractivity contribution in [2.24, 2.45) is 5.41 Å². The predicted octanol–water partition coefficient (Wildman–Crippen LogP) is 2.28. The number of methoxy groups -OCH3 is 2. The van der Waals surface area contributed by atoms with Crippen molar-refractivity contribution in [2.45, 2.75) is 51.3 Å². The number of furan rings is 1. The molecule has 2 aliphatic heterocycles. The molecule has 0 radical (unpaired) electrons. The lowest BCUT2D eigenvalue weighted by Crippen LogP contribution is -2.51. The van der Waals surface area contributed by atoms with Gasteiger partial charge < -0.3 is 18.6 Å². The van der Waals surface area contributed by atoms with Crippen LogP contribution in [0.2, 0.25) is 0 Å². The van der Waals surface area contributed by atoms with Gasteiger partial charge >= 0.3 is 18.0 Å². The van der Waals surface area contributed by atoms with Gasteiger partial charge in [-0.25, -0.2) is 14.8 Å². The zero-order valence-corrected chi connectivity index (χ0v) is 16.8. The van der Waals surface area contributed by atoms with Crippen molar-refractivity contribution in [3.05, 3.63) is 24.2 Å². The van der Waals surface area contributed by atoms with Gasteiger partial charge in [-0.2, -0.15) is 0 Å². The first kappa shape index (κ1) is 20.2. The number of hydrazine groups is 1. The summed E-state index contributed by atoms with van der Waals surface area (Å²) < 4.78 is 21.1. The van der Waals surface area contributed by atoms with Gasteiger partial charge in [0.25, 0.3) is 0 Å². The fourth-order valence-electron chi connectivity index (χ4n) is 4.13. The number of hydrogen-bond acceptors (Lipinski definition) is 8. The fourth-order valence-corrected chi connectivity index (χ4v) is 4.13. The molecule has 1 amide bonds. The van der Waals surface area contributed by atoms with E-state index in [0.29, 0.717) is 18.7 Å². The summed E-state index contributed by atoms with van der Waals surface area (Å²) in [5, 5.41) is 3.15. The van der Waals surface area contributed by atoms with E-state index in [1.165, 1.54) is 25.5 Å². The lowest BCUT2D eigenvalue weighted by Gasteiger charge is -2.37. The standard InChI is InChI=1S/C19H26N2O7/c1-18(2,3)28-17(24)20-9-8-12-11-19(15(22)25-4,16(23)26-5)14(21(12)20)13-7-6-10-27-13/h6-7,10,12,14H,8-9,11H2,1-5H3/t12-,14+/m0/s1. The van der Waals surface area contributed by atoms with E-state index < -0.39 is 35.1 Å². The molecule has 3 rings (SSSR count). The number of rotatable bonds is 3. The number of amides is 1. The monoisotopic (exact) mass is 394 g/mol. The molecule has 1 aromatic heterocycles. The molecule has 2 aliphatic rings. The molecule has 9 heteroatoms. The van der Waals surface area contributed by atoms with Crippen molar-refractivity contribution in [1.29, 1.82) is 0 Å². The minimum absolute atomic E-state index is 0.150. The Morgan fingerprint density at radius 3 is 2.32 bits per heavy atom. The van der Waals surface area contributed by atoms with Crippen molar-refractivity contribution in [3.8, 4) is 0 Å². The van der Waals surface area contributed by atoms with Crippen LogP contribution in [0.4, 0.5) is 4.79 Å². The van der Waals surface area contributed by atoms with Crippen LogP contribution in [0.1, 0.15) is 45.4 Å². The van der Waals surface area contributed by atoms with Crippen LogP contribution in [0.5, 0.6) is 0 Å². The van der Waals surface area contributed by atoms with E-state index in [1.54, 1.807) is 37.9 Å². The molecular weight excluding hydrogens is 368 g/mol. The molecule has 0 saturated carbocycles. The summed E-state index contributed by atoms with van der Waals surface area (Å²) in [7, 11) is 2.45. The number of nitrogens with zero attached hydrogens (tertiary/aromatic N) is 2. The number of carbonyl (C=O) groups is 3. The Kier molecular flexibility index (Phi) is 5.14. The summed E-state index contributed by atoms with van der Waals surface area (Å²) in [6.45, 7) is 5.74. The second kappa shape index (κ2) is 7.12. The van der Waals surface area contributed by atoms with Crippen molar-refractivity contribution in [1.82, 2.24) is 10.0 Å². The average Bonchev–Trinajstić information content (AvgIpc) is 3.33. The van der Waals surface area contributed by atoms with Gasteiger partial charge in [0.2, 0.25) is 0 Å². The average molecular weight is 394 g/mol. The Morgan fingerprint density at radius 1 is 1.18 bits per heavy atom. The van der Waals surface area contributed by atoms with Gasteiger partial charge in [0.15, 0.2) is 5.41 Å². The number of hydrogen-bond donors (Lipinski definition) is 0. The van der Waals surface area contributed by atoms with Gasteiger partial charge in [0.05, 0.1) is 20.5 Å². The second-order valence-corrected chi connectivity index (χ2v) is 8.00. The van der Waals surface area contributed by atoms with E-state index in [0.717, 1.165) is 0 Å². The Hall–Kier alpha value is -2.55. The summed E-state index contributed by atoms with van der Waals surface area (Å²) in [6, 6.07) is 2.19. The maximum absolute atomic E-state index is 12.9. The molecule has 2 atom stereocenters. The van der Waals surface area contributed by atoms with Crippen molar-refractivity contribution in [3.63, 3.8) is 0 Å². The van der Waals surface area contributed by atoms with Crippen LogP contribution in [-0.4, -0.2) is 60.5 Å². The Bertz CT molecular complexity index is 737. The molecule has 1 aromatic rings. The molecule has 0 aliphatic carbocycles. The third kappa shape index (κ3) is 3.13. The van der Waals surface area contributed by atoms with Gasteiger partial charge in [-0.05, 0) is 45.7 Å². The maximum Gasteiger partial charge on any atom is 0.425 e. The molecule has 28 heavy (non-hydrogen) atoms. The molecule has 2 fully saturated rings. The lowest BCUT2D eigenvalue weighted by atomic mass is 9.77. The number of carbonyl (C=O) groups excluding carboxylic acids is 3. The normalized spacial score (nSPS) is 24.0. The Balaban J connectivity index is 2.08. The summed E-state index contributed by atoms with van der Waals surface area (Å²) in [4.78, 5) is 38.5. The van der Waals surface area contributed by atoms with Crippen molar-refractivity contribution in [2.75, 3.05) is 20.8 Å². The quantitative estimate of drug-likeness (QED) is 0.437. The van der Waals surface area contributed by atoms with Gasteiger partial charge in [-0.3, -0.25) is 9.59 Å². The Labute approximate surface area is 163 Å². The van der Waals surface area contributed by atoms with Crippen molar-refractivity contribution >= 4 is 18.0 Å². The number of esters is 2. The molecular formula is C19H26N2O7. The molecule has 2 saturated heterocycles. The summed E-state index contributed by atoms with van der Waals surface area (Å²) in [5.74, 6) is -1.08. The first-order valence-corrected chi connectivity index (χ1v) is 9.14. The van der Waals surface area contributed by atoms with E-state index >= 15 is 0 Å². The summed E-state index contributed by atoms with van der Waals surface area (Å²) in [5.41, 5.74) is -2.33. The van der Waals surface area contributed by atoms with Crippen LogP contribution in [0, 0.1) is 5.41 Å². The molecule has 0 spiro atoms. The maximum atomic E-state index is 12.9. The topological polar surface area (TPSA) is 98.5 Å². The molecule has 154 valence electrons. The van der Waals surface area contributed by atoms with Gasteiger partial charge in [-0.1, -0.05) is 0 Å². The van der Waals surface area contributed by atoms with E-state index in [2.05, 4.69) is 0 Å². The number of fused-ring (bicyclic) bond motifs is 1. The van der Waals surface area contributed by atoms with Crippen LogP contribution in [0.25, 0.3) is 0 Å².